The Balaban J connectivity index is 1.65. The van der Waals surface area contributed by atoms with Crippen LogP contribution in [0, 0.1) is 0 Å². The summed E-state index contributed by atoms with van der Waals surface area (Å²) < 4.78 is 11.6. The largest absolute Gasteiger partial charge is 0.496 e. The second-order valence-corrected chi connectivity index (χ2v) is 8.81. The van der Waals surface area contributed by atoms with Gasteiger partial charge in [-0.15, -0.1) is 11.3 Å². The minimum Gasteiger partial charge on any atom is -0.496 e. The number of benzene rings is 2. The molecule has 1 heterocycles. The van der Waals surface area contributed by atoms with Crippen LogP contribution < -0.4 is 10.5 Å². The van der Waals surface area contributed by atoms with Gasteiger partial charge in [-0.3, -0.25) is 4.79 Å². The molecule has 0 amide bonds. The molecular formula is C23H22ClNO3S. The summed E-state index contributed by atoms with van der Waals surface area (Å²) >= 11 is 7.54. The first-order valence-electron chi connectivity index (χ1n) is 9.50. The molecule has 3 aromatic rings. The lowest BCUT2D eigenvalue weighted by molar-refractivity contribution is -0.146. The number of nitrogen functional groups attached to an aromatic ring is 1. The number of hydrogen-bond acceptors (Lipinski definition) is 5. The molecule has 0 unspecified atom stereocenters. The SMILES string of the molecule is CCOC(=O)C1(c2ccc(-c3ccc(-c4sc(Cl)cc4N)cc3OC)cc2)CC1. The second kappa shape index (κ2) is 7.73. The van der Waals surface area contributed by atoms with Gasteiger partial charge in [0.25, 0.3) is 0 Å². The van der Waals surface area contributed by atoms with Crippen molar-refractivity contribution in [2.24, 2.45) is 0 Å². The molecule has 2 aromatic carbocycles. The molecule has 2 N–H and O–H groups in total. The molecule has 1 fully saturated rings. The van der Waals surface area contributed by atoms with E-state index in [-0.39, 0.29) is 5.97 Å². The Hall–Kier alpha value is -2.50. The molecule has 29 heavy (non-hydrogen) atoms. The molecule has 0 atom stereocenters. The zero-order chi connectivity index (χ0) is 20.6. The van der Waals surface area contributed by atoms with Gasteiger partial charge < -0.3 is 15.2 Å². The van der Waals surface area contributed by atoms with Crippen molar-refractivity contribution in [3.63, 3.8) is 0 Å². The molecule has 0 bridgehead atoms. The maximum Gasteiger partial charge on any atom is 0.316 e. The number of anilines is 1. The number of ether oxygens (including phenoxy) is 2. The van der Waals surface area contributed by atoms with Crippen molar-refractivity contribution in [3.8, 4) is 27.3 Å². The molecule has 0 spiro atoms. The van der Waals surface area contributed by atoms with Crippen molar-refractivity contribution < 1.29 is 14.3 Å². The van der Waals surface area contributed by atoms with Gasteiger partial charge in [-0.2, -0.15) is 0 Å². The molecular weight excluding hydrogens is 406 g/mol. The number of methoxy groups -OCH3 is 1. The molecule has 6 heteroatoms. The number of rotatable bonds is 6. The average Bonchev–Trinajstić information content (AvgIpc) is 3.47. The van der Waals surface area contributed by atoms with Gasteiger partial charge in [-0.1, -0.05) is 48.0 Å². The molecule has 4 rings (SSSR count). The third kappa shape index (κ3) is 3.61. The standard InChI is InChI=1S/C23H22ClNO3S/c1-3-28-22(26)23(10-11-23)16-7-4-14(5-8-16)17-9-6-15(12-19(17)27-2)21-18(25)13-20(24)29-21/h4-9,12-13H,3,10-11,25H2,1-2H3. The normalized spacial score (nSPS) is 14.4. The first kappa shape index (κ1) is 19.8. The van der Waals surface area contributed by atoms with E-state index in [0.717, 1.165) is 45.7 Å². The van der Waals surface area contributed by atoms with E-state index in [9.17, 15) is 4.79 Å². The van der Waals surface area contributed by atoms with Crippen LogP contribution in [-0.4, -0.2) is 19.7 Å². The molecule has 1 aromatic heterocycles. The summed E-state index contributed by atoms with van der Waals surface area (Å²) in [6, 6.07) is 15.9. The van der Waals surface area contributed by atoms with Gasteiger partial charge in [-0.05, 0) is 48.6 Å². The van der Waals surface area contributed by atoms with Gasteiger partial charge >= 0.3 is 5.97 Å². The highest BCUT2D eigenvalue weighted by Gasteiger charge is 2.52. The van der Waals surface area contributed by atoms with Crippen LogP contribution in [0.4, 0.5) is 5.69 Å². The number of carbonyl (C=O) groups is 1. The number of carbonyl (C=O) groups excluding carboxylic acids is 1. The maximum atomic E-state index is 12.3. The Kier molecular flexibility index (Phi) is 5.28. The molecule has 150 valence electrons. The second-order valence-electron chi connectivity index (χ2n) is 7.13. The highest BCUT2D eigenvalue weighted by atomic mass is 35.5. The minimum absolute atomic E-state index is 0.123. The van der Waals surface area contributed by atoms with E-state index in [0.29, 0.717) is 16.6 Å². The van der Waals surface area contributed by atoms with Crippen LogP contribution in [0.1, 0.15) is 25.3 Å². The van der Waals surface area contributed by atoms with Crippen molar-refractivity contribution in [1.82, 2.24) is 0 Å². The first-order valence-corrected chi connectivity index (χ1v) is 10.7. The Labute approximate surface area is 179 Å². The predicted molar refractivity (Wildman–Crippen MR) is 119 cm³/mol. The first-order chi connectivity index (χ1) is 14.0. The van der Waals surface area contributed by atoms with E-state index < -0.39 is 5.41 Å². The van der Waals surface area contributed by atoms with Crippen LogP contribution in [0.5, 0.6) is 5.75 Å². The fourth-order valence-corrected chi connectivity index (χ4v) is 4.80. The Morgan fingerprint density at radius 3 is 2.38 bits per heavy atom. The number of hydrogen-bond donors (Lipinski definition) is 1. The predicted octanol–water partition coefficient (Wildman–Crippen LogP) is 5.92. The molecule has 1 aliphatic rings. The van der Waals surface area contributed by atoms with Crippen LogP contribution in [0.3, 0.4) is 0 Å². The monoisotopic (exact) mass is 427 g/mol. The summed E-state index contributed by atoms with van der Waals surface area (Å²) in [5.41, 5.74) is 10.2. The van der Waals surface area contributed by atoms with Crippen molar-refractivity contribution in [3.05, 3.63) is 58.4 Å². The number of nitrogens with two attached hydrogens (primary N) is 1. The van der Waals surface area contributed by atoms with Crippen LogP contribution in [0.15, 0.2) is 48.5 Å². The number of esters is 1. The van der Waals surface area contributed by atoms with Gasteiger partial charge in [0.15, 0.2) is 0 Å². The van der Waals surface area contributed by atoms with E-state index in [1.165, 1.54) is 11.3 Å². The topological polar surface area (TPSA) is 61.5 Å². The maximum absolute atomic E-state index is 12.3. The molecule has 1 aliphatic carbocycles. The van der Waals surface area contributed by atoms with Gasteiger partial charge in [-0.25, -0.2) is 0 Å². The molecule has 1 saturated carbocycles. The molecule has 0 aliphatic heterocycles. The van der Waals surface area contributed by atoms with Crippen molar-refractivity contribution in [2.45, 2.75) is 25.2 Å². The van der Waals surface area contributed by atoms with Crippen LogP contribution >= 0.6 is 22.9 Å². The average molecular weight is 428 g/mol. The zero-order valence-corrected chi connectivity index (χ0v) is 17.9. The van der Waals surface area contributed by atoms with E-state index in [1.807, 2.05) is 49.4 Å². The molecule has 0 saturated heterocycles. The van der Waals surface area contributed by atoms with E-state index in [2.05, 4.69) is 0 Å². The highest BCUT2D eigenvalue weighted by Crippen LogP contribution is 2.49. The third-order valence-electron chi connectivity index (χ3n) is 5.36. The molecule has 0 radical (unpaired) electrons. The summed E-state index contributed by atoms with van der Waals surface area (Å²) in [6.45, 7) is 2.24. The van der Waals surface area contributed by atoms with Crippen molar-refractivity contribution in [2.75, 3.05) is 19.5 Å². The summed E-state index contributed by atoms with van der Waals surface area (Å²) in [5.74, 6) is 0.632. The van der Waals surface area contributed by atoms with Gasteiger partial charge in [0.05, 0.1) is 34.0 Å². The fourth-order valence-electron chi connectivity index (χ4n) is 3.64. The summed E-state index contributed by atoms with van der Waals surface area (Å²) in [6.07, 6.45) is 1.68. The van der Waals surface area contributed by atoms with Crippen molar-refractivity contribution >= 4 is 34.6 Å². The van der Waals surface area contributed by atoms with Gasteiger partial charge in [0.1, 0.15) is 5.75 Å². The number of thiophene rings is 1. The van der Waals surface area contributed by atoms with Gasteiger partial charge in [0, 0.05) is 5.56 Å². The Morgan fingerprint density at radius 2 is 1.83 bits per heavy atom. The van der Waals surface area contributed by atoms with Crippen LogP contribution in [-0.2, 0) is 14.9 Å². The minimum atomic E-state index is -0.460. The lowest BCUT2D eigenvalue weighted by Crippen LogP contribution is -2.23. The van der Waals surface area contributed by atoms with Crippen LogP contribution in [0.2, 0.25) is 4.34 Å². The Morgan fingerprint density at radius 1 is 1.14 bits per heavy atom. The smallest absolute Gasteiger partial charge is 0.316 e. The lowest BCUT2D eigenvalue weighted by atomic mass is 9.93. The van der Waals surface area contributed by atoms with E-state index in [1.54, 1.807) is 13.2 Å². The highest BCUT2D eigenvalue weighted by molar-refractivity contribution is 7.20. The van der Waals surface area contributed by atoms with E-state index >= 15 is 0 Å². The number of halogens is 1. The van der Waals surface area contributed by atoms with Crippen molar-refractivity contribution in [1.29, 1.82) is 0 Å². The van der Waals surface area contributed by atoms with Crippen LogP contribution in [0.25, 0.3) is 21.6 Å². The fraction of sp³-hybridized carbons (Fsp3) is 0.261. The summed E-state index contributed by atoms with van der Waals surface area (Å²) in [4.78, 5) is 13.3. The lowest BCUT2D eigenvalue weighted by Gasteiger charge is -2.15. The Bertz CT molecular complexity index is 1050. The summed E-state index contributed by atoms with van der Waals surface area (Å²) in [7, 11) is 1.65. The third-order valence-corrected chi connectivity index (χ3v) is 6.69. The van der Waals surface area contributed by atoms with E-state index in [4.69, 9.17) is 26.8 Å². The zero-order valence-electron chi connectivity index (χ0n) is 16.3. The summed E-state index contributed by atoms with van der Waals surface area (Å²) in [5, 5.41) is 0. The quantitative estimate of drug-likeness (QED) is 0.496. The molecule has 4 nitrogen and oxygen atoms in total. The van der Waals surface area contributed by atoms with Gasteiger partial charge in [0.2, 0.25) is 0 Å².